The highest BCUT2D eigenvalue weighted by atomic mass is 32.2. The van der Waals surface area contributed by atoms with E-state index in [-0.39, 0.29) is 0 Å². The van der Waals surface area contributed by atoms with Crippen molar-refractivity contribution in [2.75, 3.05) is 16.8 Å². The van der Waals surface area contributed by atoms with Gasteiger partial charge in [-0.05, 0) is 43.4 Å². The first kappa shape index (κ1) is 14.4. The summed E-state index contributed by atoms with van der Waals surface area (Å²) in [4.78, 5) is 0. The zero-order chi connectivity index (χ0) is 13.7. The van der Waals surface area contributed by atoms with Crippen LogP contribution in [0.2, 0.25) is 0 Å². The van der Waals surface area contributed by atoms with Gasteiger partial charge >= 0.3 is 0 Å². The minimum absolute atomic E-state index is 0.296. The van der Waals surface area contributed by atoms with Gasteiger partial charge in [-0.2, -0.15) is 0 Å². The van der Waals surface area contributed by atoms with Crippen molar-refractivity contribution in [3.05, 3.63) is 29.8 Å². The number of aryl methyl sites for hydroxylation is 1. The van der Waals surface area contributed by atoms with Crippen LogP contribution in [0.15, 0.2) is 24.3 Å². The van der Waals surface area contributed by atoms with Crippen LogP contribution in [-0.2, 0) is 16.3 Å². The van der Waals surface area contributed by atoms with Crippen molar-refractivity contribution < 1.29 is 8.42 Å². The molecule has 1 aromatic rings. The molecule has 0 radical (unpaired) electrons. The lowest BCUT2D eigenvalue weighted by atomic mass is 10.1. The Morgan fingerprint density at radius 1 is 1.16 bits per heavy atom. The molecule has 1 fully saturated rings. The largest absolute Gasteiger partial charge is 0.382 e. The lowest BCUT2D eigenvalue weighted by Gasteiger charge is -2.24. The smallest absolute Gasteiger partial charge is 0.150 e. The predicted octanol–water partition coefficient (Wildman–Crippen LogP) is 3.02. The number of sulfone groups is 1. The Morgan fingerprint density at radius 3 is 2.37 bits per heavy atom. The highest BCUT2D eigenvalue weighted by molar-refractivity contribution is 7.91. The number of rotatable bonds is 5. The van der Waals surface area contributed by atoms with Crippen LogP contribution in [0.25, 0.3) is 0 Å². The number of hydrogen-bond acceptors (Lipinski definition) is 3. The molecule has 0 atom stereocenters. The van der Waals surface area contributed by atoms with Crippen LogP contribution in [0.1, 0.15) is 38.2 Å². The summed E-state index contributed by atoms with van der Waals surface area (Å²) in [6.45, 7) is 2.20. The molecule has 0 aliphatic carbocycles. The van der Waals surface area contributed by atoms with Gasteiger partial charge in [-0.1, -0.05) is 25.5 Å². The van der Waals surface area contributed by atoms with Crippen LogP contribution in [0.5, 0.6) is 0 Å². The highest BCUT2D eigenvalue weighted by Gasteiger charge is 2.23. The zero-order valence-corrected chi connectivity index (χ0v) is 12.4. The molecule has 1 aromatic carbocycles. The average molecular weight is 281 g/mol. The third-order valence-corrected chi connectivity index (χ3v) is 5.41. The molecule has 19 heavy (non-hydrogen) atoms. The van der Waals surface area contributed by atoms with E-state index in [9.17, 15) is 8.42 Å². The maximum atomic E-state index is 11.4. The Balaban J connectivity index is 1.86. The fourth-order valence-electron chi connectivity index (χ4n) is 2.42. The first-order chi connectivity index (χ1) is 9.09. The van der Waals surface area contributed by atoms with Crippen LogP contribution in [0, 0.1) is 0 Å². The van der Waals surface area contributed by atoms with Gasteiger partial charge in [-0.25, -0.2) is 8.42 Å². The number of hydrogen-bond donors (Lipinski definition) is 1. The Morgan fingerprint density at radius 2 is 1.79 bits per heavy atom. The summed E-state index contributed by atoms with van der Waals surface area (Å²) in [7, 11) is -2.76. The SMILES string of the molecule is CCCCc1ccc(NC2CCS(=O)(=O)CC2)cc1. The van der Waals surface area contributed by atoms with E-state index in [0.717, 1.165) is 24.9 Å². The number of nitrogens with one attached hydrogen (secondary N) is 1. The summed E-state index contributed by atoms with van der Waals surface area (Å²) >= 11 is 0. The van der Waals surface area contributed by atoms with E-state index in [4.69, 9.17) is 0 Å². The molecule has 0 spiro atoms. The van der Waals surface area contributed by atoms with Crippen molar-refractivity contribution in [2.45, 2.75) is 45.1 Å². The van der Waals surface area contributed by atoms with Gasteiger partial charge in [0.15, 0.2) is 0 Å². The zero-order valence-electron chi connectivity index (χ0n) is 11.6. The molecule has 1 aliphatic rings. The fraction of sp³-hybridized carbons (Fsp3) is 0.600. The Hall–Kier alpha value is -1.03. The van der Waals surface area contributed by atoms with Gasteiger partial charge in [-0.15, -0.1) is 0 Å². The third kappa shape index (κ3) is 4.53. The fourth-order valence-corrected chi connectivity index (χ4v) is 3.91. The van der Waals surface area contributed by atoms with Crippen molar-refractivity contribution in [1.82, 2.24) is 0 Å². The van der Waals surface area contributed by atoms with Crippen LogP contribution in [-0.4, -0.2) is 26.0 Å². The third-order valence-electron chi connectivity index (χ3n) is 3.70. The quantitative estimate of drug-likeness (QED) is 0.902. The molecular weight excluding hydrogens is 258 g/mol. The molecule has 1 saturated heterocycles. The van der Waals surface area contributed by atoms with Crippen LogP contribution < -0.4 is 5.32 Å². The topological polar surface area (TPSA) is 46.2 Å². The van der Waals surface area contributed by atoms with E-state index in [1.54, 1.807) is 0 Å². The monoisotopic (exact) mass is 281 g/mol. The molecule has 0 unspecified atom stereocenters. The van der Waals surface area contributed by atoms with Crippen LogP contribution in [0.4, 0.5) is 5.69 Å². The minimum atomic E-state index is -2.76. The standard InChI is InChI=1S/C15H23NO2S/c1-2-3-4-13-5-7-14(8-6-13)16-15-9-11-19(17,18)12-10-15/h5-8,15-16H,2-4,9-12H2,1H3. The number of unbranched alkanes of at least 4 members (excludes halogenated alkanes) is 1. The lowest BCUT2D eigenvalue weighted by molar-refractivity contribution is 0.559. The summed E-state index contributed by atoms with van der Waals surface area (Å²) in [5.41, 5.74) is 2.48. The molecule has 1 heterocycles. The van der Waals surface area contributed by atoms with Crippen molar-refractivity contribution in [3.63, 3.8) is 0 Å². The molecule has 106 valence electrons. The Labute approximate surface area is 116 Å². The Kier molecular flexibility index (Phi) is 4.86. The summed E-state index contributed by atoms with van der Waals surface area (Å²) in [5.74, 6) is 0.637. The molecule has 0 aromatic heterocycles. The first-order valence-electron chi connectivity index (χ1n) is 7.15. The second-order valence-electron chi connectivity index (χ2n) is 5.37. The van der Waals surface area contributed by atoms with E-state index < -0.39 is 9.84 Å². The molecule has 1 aliphatic heterocycles. The molecule has 1 N–H and O–H groups in total. The van der Waals surface area contributed by atoms with E-state index in [2.05, 4.69) is 36.5 Å². The predicted molar refractivity (Wildman–Crippen MR) is 80.4 cm³/mol. The molecule has 0 saturated carbocycles. The van der Waals surface area contributed by atoms with Crippen LogP contribution in [0.3, 0.4) is 0 Å². The van der Waals surface area contributed by atoms with E-state index in [0.29, 0.717) is 17.5 Å². The van der Waals surface area contributed by atoms with E-state index >= 15 is 0 Å². The number of anilines is 1. The molecule has 4 heteroatoms. The second kappa shape index (κ2) is 6.42. The highest BCUT2D eigenvalue weighted by Crippen LogP contribution is 2.18. The van der Waals surface area contributed by atoms with Gasteiger partial charge in [0.25, 0.3) is 0 Å². The maximum absolute atomic E-state index is 11.4. The van der Waals surface area contributed by atoms with E-state index in [1.165, 1.54) is 18.4 Å². The Bertz CT molecular complexity index is 479. The van der Waals surface area contributed by atoms with Gasteiger partial charge in [-0.3, -0.25) is 0 Å². The van der Waals surface area contributed by atoms with Gasteiger partial charge in [0.2, 0.25) is 0 Å². The molecule has 2 rings (SSSR count). The average Bonchev–Trinajstić information content (AvgIpc) is 2.40. The van der Waals surface area contributed by atoms with Crippen molar-refractivity contribution >= 4 is 15.5 Å². The number of benzene rings is 1. The minimum Gasteiger partial charge on any atom is -0.382 e. The molecule has 0 bridgehead atoms. The molecular formula is C15H23NO2S. The van der Waals surface area contributed by atoms with Gasteiger partial charge < -0.3 is 5.32 Å². The molecule has 3 nitrogen and oxygen atoms in total. The van der Waals surface area contributed by atoms with Crippen LogP contribution >= 0.6 is 0 Å². The normalized spacial score (nSPS) is 19.2. The maximum Gasteiger partial charge on any atom is 0.150 e. The summed E-state index contributed by atoms with van der Waals surface area (Å²) in [5, 5.41) is 3.44. The molecule has 0 amide bonds. The van der Waals surface area contributed by atoms with Crippen molar-refractivity contribution in [2.24, 2.45) is 0 Å². The van der Waals surface area contributed by atoms with Crippen molar-refractivity contribution in [3.8, 4) is 0 Å². The summed E-state index contributed by atoms with van der Waals surface area (Å²) in [6.07, 6.45) is 5.03. The van der Waals surface area contributed by atoms with Gasteiger partial charge in [0.1, 0.15) is 9.84 Å². The van der Waals surface area contributed by atoms with E-state index in [1.807, 2.05) is 0 Å². The summed E-state index contributed by atoms with van der Waals surface area (Å²) in [6, 6.07) is 8.84. The van der Waals surface area contributed by atoms with Gasteiger partial charge in [0.05, 0.1) is 11.5 Å². The van der Waals surface area contributed by atoms with Crippen molar-refractivity contribution in [1.29, 1.82) is 0 Å². The first-order valence-corrected chi connectivity index (χ1v) is 8.97. The second-order valence-corrected chi connectivity index (χ2v) is 7.67. The lowest BCUT2D eigenvalue weighted by Crippen LogP contribution is -2.32. The van der Waals surface area contributed by atoms with Gasteiger partial charge in [0, 0.05) is 11.7 Å². The summed E-state index contributed by atoms with van der Waals surface area (Å²) < 4.78 is 22.7.